The fourth-order valence-electron chi connectivity index (χ4n) is 6.37. The first-order valence-corrected chi connectivity index (χ1v) is 14.4. The molecule has 3 heterocycles. The highest BCUT2D eigenvalue weighted by atomic mass is 16.3. The van der Waals surface area contributed by atoms with E-state index >= 15 is 0 Å². The maximum Gasteiger partial charge on any atom is 0.159 e. The highest BCUT2D eigenvalue weighted by Gasteiger charge is 2.24. The van der Waals surface area contributed by atoms with Crippen LogP contribution in [0.15, 0.2) is 148 Å². The number of rotatable bonds is 3. The van der Waals surface area contributed by atoms with Gasteiger partial charge in [-0.2, -0.15) is 0 Å². The molecule has 202 valence electrons. The number of hydrogen-bond donors (Lipinski definition) is 1. The van der Waals surface area contributed by atoms with Gasteiger partial charge in [-0.05, 0) is 56.1 Å². The minimum atomic E-state index is -0.296. The zero-order chi connectivity index (χ0) is 28.3. The van der Waals surface area contributed by atoms with Gasteiger partial charge in [0.25, 0.3) is 0 Å². The number of hydrogen-bond acceptors (Lipinski definition) is 5. The van der Waals surface area contributed by atoms with E-state index in [0.29, 0.717) is 5.84 Å². The summed E-state index contributed by atoms with van der Waals surface area (Å²) in [5, 5.41) is 13.0. The molecule has 1 aliphatic rings. The smallest absolute Gasteiger partial charge is 0.159 e. The number of furan rings is 1. The van der Waals surface area contributed by atoms with Crippen LogP contribution in [-0.4, -0.2) is 16.7 Å². The van der Waals surface area contributed by atoms with Gasteiger partial charge < -0.3 is 9.73 Å². The zero-order valence-corrected chi connectivity index (χ0v) is 23.0. The lowest BCUT2D eigenvalue weighted by molar-refractivity contribution is 0.666. The molecule has 0 saturated carbocycles. The first-order valence-electron chi connectivity index (χ1n) is 14.4. The van der Waals surface area contributed by atoms with Crippen LogP contribution in [0.25, 0.3) is 54.3 Å². The van der Waals surface area contributed by atoms with Crippen molar-refractivity contribution in [2.45, 2.75) is 6.17 Å². The monoisotopic (exact) mass is 552 g/mol. The summed E-state index contributed by atoms with van der Waals surface area (Å²) in [6.45, 7) is 0. The van der Waals surface area contributed by atoms with E-state index in [1.807, 2.05) is 36.4 Å². The van der Waals surface area contributed by atoms with E-state index in [4.69, 9.17) is 14.4 Å². The van der Waals surface area contributed by atoms with Crippen molar-refractivity contribution in [2.75, 3.05) is 0 Å². The maximum absolute atomic E-state index is 6.15. The molecule has 5 heteroatoms. The number of nitrogens with zero attached hydrogens (tertiary/aromatic N) is 3. The average molecular weight is 553 g/mol. The Kier molecular flexibility index (Phi) is 5.19. The number of nitrogens with one attached hydrogen (secondary N) is 1. The summed E-state index contributed by atoms with van der Waals surface area (Å²) in [5.41, 5.74) is 4.56. The van der Waals surface area contributed by atoms with Crippen molar-refractivity contribution in [3.05, 3.63) is 150 Å². The van der Waals surface area contributed by atoms with Gasteiger partial charge in [-0.15, -0.1) is 0 Å². The van der Waals surface area contributed by atoms with Crippen molar-refractivity contribution in [3.8, 4) is 0 Å². The van der Waals surface area contributed by atoms with Gasteiger partial charge >= 0.3 is 0 Å². The molecule has 1 aliphatic heterocycles. The highest BCUT2D eigenvalue weighted by Crippen LogP contribution is 2.35. The standard InChI is InChI=1S/C38H24N4O/c1-2-8-25(9-3-1)36-40-37(42-38(41-36)31-11-6-12-32-35(31)30-19-20-39-22-33(30)43-32)27-17-18-29-26(21-27)16-15-24-14-13-23-7-4-5-10-28(23)34(24)29/h1-22,36H,(H,40,41,42). The van der Waals surface area contributed by atoms with Crippen LogP contribution in [0.1, 0.15) is 22.9 Å². The molecule has 6 aromatic carbocycles. The summed E-state index contributed by atoms with van der Waals surface area (Å²) in [7, 11) is 0. The maximum atomic E-state index is 6.15. The molecular weight excluding hydrogens is 528 g/mol. The fraction of sp³-hybridized carbons (Fsp3) is 0.0263. The molecule has 43 heavy (non-hydrogen) atoms. The molecule has 1 N–H and O–H groups in total. The summed E-state index contributed by atoms with van der Waals surface area (Å²) < 4.78 is 6.15. The van der Waals surface area contributed by atoms with Gasteiger partial charge in [0.1, 0.15) is 17.6 Å². The van der Waals surface area contributed by atoms with Gasteiger partial charge in [0.2, 0.25) is 0 Å². The van der Waals surface area contributed by atoms with E-state index in [1.165, 1.54) is 26.9 Å². The van der Waals surface area contributed by atoms with Gasteiger partial charge in [0, 0.05) is 28.1 Å². The lowest BCUT2D eigenvalue weighted by atomic mass is 9.95. The molecule has 1 unspecified atom stereocenters. The van der Waals surface area contributed by atoms with Gasteiger partial charge in [-0.3, -0.25) is 4.98 Å². The van der Waals surface area contributed by atoms with Gasteiger partial charge in [0.15, 0.2) is 11.4 Å². The molecular formula is C38H24N4O. The van der Waals surface area contributed by atoms with Crippen LogP contribution in [0.4, 0.5) is 0 Å². The summed E-state index contributed by atoms with van der Waals surface area (Å²) in [6.07, 6.45) is 3.26. The second kappa shape index (κ2) is 9.36. The summed E-state index contributed by atoms with van der Waals surface area (Å²) in [4.78, 5) is 14.5. The van der Waals surface area contributed by atoms with Crippen molar-refractivity contribution < 1.29 is 4.42 Å². The number of aromatic nitrogens is 1. The largest absolute Gasteiger partial charge is 0.454 e. The Labute approximate surface area is 246 Å². The van der Waals surface area contributed by atoms with Crippen LogP contribution in [0.5, 0.6) is 0 Å². The molecule has 9 rings (SSSR count). The molecule has 2 aromatic heterocycles. The Morgan fingerprint density at radius 1 is 0.605 bits per heavy atom. The van der Waals surface area contributed by atoms with Gasteiger partial charge in [-0.25, -0.2) is 9.98 Å². The van der Waals surface area contributed by atoms with Crippen molar-refractivity contribution in [2.24, 2.45) is 9.98 Å². The van der Waals surface area contributed by atoms with E-state index < -0.39 is 0 Å². The predicted molar refractivity (Wildman–Crippen MR) is 176 cm³/mol. The van der Waals surface area contributed by atoms with Crippen LogP contribution in [0, 0.1) is 0 Å². The third-order valence-electron chi connectivity index (χ3n) is 8.40. The second-order valence-corrected chi connectivity index (χ2v) is 10.9. The van der Waals surface area contributed by atoms with E-state index in [9.17, 15) is 0 Å². The Balaban J connectivity index is 1.25. The normalized spacial score (nSPS) is 15.2. The van der Waals surface area contributed by atoms with Crippen molar-refractivity contribution in [3.63, 3.8) is 0 Å². The van der Waals surface area contributed by atoms with Crippen LogP contribution in [0.2, 0.25) is 0 Å². The van der Waals surface area contributed by atoms with Gasteiger partial charge in [0.05, 0.1) is 6.20 Å². The van der Waals surface area contributed by atoms with Crippen LogP contribution >= 0.6 is 0 Å². The predicted octanol–water partition coefficient (Wildman–Crippen LogP) is 8.94. The molecule has 0 aliphatic carbocycles. The topological polar surface area (TPSA) is 62.8 Å². The average Bonchev–Trinajstić information content (AvgIpc) is 3.47. The minimum absolute atomic E-state index is 0.296. The molecule has 0 fully saturated rings. The lowest BCUT2D eigenvalue weighted by Gasteiger charge is -2.24. The van der Waals surface area contributed by atoms with Crippen molar-refractivity contribution >= 4 is 65.9 Å². The van der Waals surface area contributed by atoms with Crippen molar-refractivity contribution in [1.82, 2.24) is 10.3 Å². The second-order valence-electron chi connectivity index (χ2n) is 10.9. The third-order valence-corrected chi connectivity index (χ3v) is 8.40. The fourth-order valence-corrected chi connectivity index (χ4v) is 6.37. The molecule has 0 amide bonds. The molecule has 5 nitrogen and oxygen atoms in total. The number of benzene rings is 6. The van der Waals surface area contributed by atoms with Crippen LogP contribution < -0.4 is 5.32 Å². The summed E-state index contributed by atoms with van der Waals surface area (Å²) in [5.74, 6) is 1.45. The molecule has 0 radical (unpaired) electrons. The molecule has 8 aromatic rings. The van der Waals surface area contributed by atoms with Crippen molar-refractivity contribution in [1.29, 1.82) is 0 Å². The number of fused-ring (bicyclic) bond motifs is 8. The molecule has 0 bridgehead atoms. The molecule has 1 atom stereocenters. The first-order chi connectivity index (χ1) is 21.3. The number of aliphatic imine (C=N–C) groups is 2. The number of amidine groups is 2. The van der Waals surface area contributed by atoms with E-state index in [1.54, 1.807) is 12.4 Å². The van der Waals surface area contributed by atoms with E-state index in [0.717, 1.165) is 49.9 Å². The van der Waals surface area contributed by atoms with E-state index in [2.05, 4.69) is 95.2 Å². The lowest BCUT2D eigenvalue weighted by Crippen LogP contribution is -2.33. The zero-order valence-electron chi connectivity index (χ0n) is 23.0. The Hall–Kier alpha value is -5.81. The number of pyridine rings is 1. The summed E-state index contributed by atoms with van der Waals surface area (Å²) in [6, 6.07) is 42.3. The highest BCUT2D eigenvalue weighted by molar-refractivity contribution is 6.23. The quantitative estimate of drug-likeness (QED) is 0.223. The van der Waals surface area contributed by atoms with Crippen LogP contribution in [-0.2, 0) is 0 Å². The molecule has 0 saturated heterocycles. The Bertz CT molecular complexity index is 2440. The molecule has 0 spiro atoms. The first kappa shape index (κ1) is 23.9. The van der Waals surface area contributed by atoms with E-state index in [-0.39, 0.29) is 6.17 Å². The van der Waals surface area contributed by atoms with Gasteiger partial charge in [-0.1, -0.05) is 103 Å². The Morgan fingerprint density at radius 3 is 2.35 bits per heavy atom. The van der Waals surface area contributed by atoms with Crippen LogP contribution in [0.3, 0.4) is 0 Å². The SMILES string of the molecule is c1ccc(C2N=C(c3ccc4c(ccc5ccc6ccccc6c54)c3)N=C(c3cccc4oc5cnccc5c34)N2)cc1. The summed E-state index contributed by atoms with van der Waals surface area (Å²) >= 11 is 0. The minimum Gasteiger partial charge on any atom is -0.454 e. The third kappa shape index (κ3) is 3.82. The Morgan fingerprint density at radius 2 is 1.42 bits per heavy atom.